The van der Waals surface area contributed by atoms with Crippen LogP contribution >= 0.6 is 0 Å². The summed E-state index contributed by atoms with van der Waals surface area (Å²) in [7, 11) is 0. The number of rotatable bonds is 2. The van der Waals surface area contributed by atoms with Crippen molar-refractivity contribution in [3.05, 3.63) is 130 Å². The first-order valence-corrected chi connectivity index (χ1v) is 14.2. The minimum atomic E-state index is -4.48. The lowest BCUT2D eigenvalue weighted by molar-refractivity contribution is -0.137. The fourth-order valence-corrected chi connectivity index (χ4v) is 6.07. The van der Waals surface area contributed by atoms with E-state index in [4.69, 9.17) is 9.97 Å². The van der Waals surface area contributed by atoms with Crippen molar-refractivity contribution in [3.63, 3.8) is 0 Å². The maximum absolute atomic E-state index is 13.2. The van der Waals surface area contributed by atoms with E-state index in [1.54, 1.807) is 18.2 Å². The summed E-state index contributed by atoms with van der Waals surface area (Å²) in [4.78, 5) is 9.89. The molecule has 0 amide bonds. The van der Waals surface area contributed by atoms with Gasteiger partial charge in [0.2, 0.25) is 0 Å². The first-order chi connectivity index (χ1) is 22.7. The quantitative estimate of drug-likeness (QED) is 0.179. The Labute approximate surface area is 266 Å². The SMILES string of the molecule is Cc1ccc(-c2ccc3c(c2)C(=C(C#N)C#N)c2nc4c(nc2-3)C(=C(C#N)C#N)c2cc(-c3ccc(C(F)(F)F)cc3)ccc2-4)cc1. The molecule has 5 aromatic rings. The highest BCUT2D eigenvalue weighted by Gasteiger charge is 2.37. The Bertz CT molecular complexity index is 2390. The molecule has 0 spiro atoms. The number of hydrogen-bond donors (Lipinski definition) is 0. The lowest BCUT2D eigenvalue weighted by atomic mass is 9.95. The van der Waals surface area contributed by atoms with Gasteiger partial charge in [0.1, 0.15) is 46.8 Å². The minimum absolute atomic E-state index is 0.137. The summed E-state index contributed by atoms with van der Waals surface area (Å²) in [5.41, 5.74) is 7.10. The van der Waals surface area contributed by atoms with Gasteiger partial charge in [0.15, 0.2) is 0 Å². The van der Waals surface area contributed by atoms with Crippen LogP contribution in [0.25, 0.3) is 55.9 Å². The maximum Gasteiger partial charge on any atom is 0.416 e. The third kappa shape index (κ3) is 4.55. The molecule has 0 saturated carbocycles. The van der Waals surface area contributed by atoms with E-state index in [0.29, 0.717) is 56.0 Å². The van der Waals surface area contributed by atoms with Crippen molar-refractivity contribution in [2.24, 2.45) is 0 Å². The van der Waals surface area contributed by atoms with Crippen molar-refractivity contribution < 1.29 is 13.2 Å². The predicted molar refractivity (Wildman–Crippen MR) is 168 cm³/mol. The number of aryl methyl sites for hydroxylation is 1. The minimum Gasteiger partial charge on any atom is -0.243 e. The van der Waals surface area contributed by atoms with E-state index in [1.807, 2.05) is 73.7 Å². The number of nitrogens with zero attached hydrogens (tertiary/aromatic N) is 6. The smallest absolute Gasteiger partial charge is 0.243 e. The number of fused-ring (bicyclic) bond motifs is 6. The van der Waals surface area contributed by atoms with Crippen LogP contribution in [0.1, 0.15) is 33.6 Å². The molecule has 6 nitrogen and oxygen atoms in total. The van der Waals surface area contributed by atoms with Crippen LogP contribution in [0.4, 0.5) is 13.2 Å². The van der Waals surface area contributed by atoms with Gasteiger partial charge in [-0.25, -0.2) is 9.97 Å². The van der Waals surface area contributed by atoms with Gasteiger partial charge >= 0.3 is 6.18 Å². The molecule has 0 fully saturated rings. The third-order valence-corrected chi connectivity index (χ3v) is 8.34. The van der Waals surface area contributed by atoms with Crippen LogP contribution in [-0.4, -0.2) is 9.97 Å². The fraction of sp³-hybridized carbons (Fsp3) is 0.0526. The van der Waals surface area contributed by atoms with Crippen molar-refractivity contribution in [2.75, 3.05) is 0 Å². The second-order valence-electron chi connectivity index (χ2n) is 11.0. The molecule has 47 heavy (non-hydrogen) atoms. The fourth-order valence-electron chi connectivity index (χ4n) is 6.07. The van der Waals surface area contributed by atoms with E-state index in [2.05, 4.69) is 0 Å². The van der Waals surface area contributed by atoms with Gasteiger partial charge in [-0.3, -0.25) is 0 Å². The van der Waals surface area contributed by atoms with Crippen molar-refractivity contribution >= 4 is 11.1 Å². The van der Waals surface area contributed by atoms with Gasteiger partial charge in [0.25, 0.3) is 0 Å². The zero-order valence-corrected chi connectivity index (χ0v) is 24.4. The number of halogens is 3. The normalized spacial score (nSPS) is 12.1. The standard InChI is InChI=1S/C38H17F3N6/c1-20-2-4-21(5-3-20)23-8-12-28-30(14-23)32(25(16-42)17-43)36-34(28)46-37-33(26(18-44)19-45)31-15-24(9-13-29(31)35(37)47-36)22-6-10-27(11-7-22)38(39,40)41/h2-15H,1H3. The van der Waals surface area contributed by atoms with Crippen LogP contribution in [0.2, 0.25) is 0 Å². The molecule has 0 aliphatic heterocycles. The molecule has 2 aliphatic rings. The van der Waals surface area contributed by atoms with E-state index in [9.17, 15) is 34.2 Å². The molecule has 4 aromatic carbocycles. The van der Waals surface area contributed by atoms with Crippen molar-refractivity contribution in [1.29, 1.82) is 21.0 Å². The number of alkyl halides is 3. The lowest BCUT2D eigenvalue weighted by Crippen LogP contribution is -2.03. The number of nitriles is 4. The topological polar surface area (TPSA) is 121 Å². The molecule has 0 radical (unpaired) electrons. The molecule has 1 heterocycles. The van der Waals surface area contributed by atoms with Crippen LogP contribution in [0.3, 0.4) is 0 Å². The van der Waals surface area contributed by atoms with Crippen LogP contribution in [0, 0.1) is 52.2 Å². The van der Waals surface area contributed by atoms with Gasteiger partial charge in [-0.05, 0) is 64.6 Å². The second kappa shape index (κ2) is 10.7. The van der Waals surface area contributed by atoms with Gasteiger partial charge < -0.3 is 0 Å². The lowest BCUT2D eigenvalue weighted by Gasteiger charge is -2.09. The Morgan fingerprint density at radius 2 is 0.894 bits per heavy atom. The molecule has 0 saturated heterocycles. The largest absolute Gasteiger partial charge is 0.416 e. The predicted octanol–water partition coefficient (Wildman–Crippen LogP) is 8.80. The molecule has 220 valence electrons. The summed E-state index contributed by atoms with van der Waals surface area (Å²) in [6.45, 7) is 1.99. The van der Waals surface area contributed by atoms with Crippen LogP contribution in [0.15, 0.2) is 96.1 Å². The average molecular weight is 615 g/mol. The summed E-state index contributed by atoms with van der Waals surface area (Å²) in [6, 6.07) is 31.4. The molecule has 0 N–H and O–H groups in total. The van der Waals surface area contributed by atoms with Gasteiger partial charge in [-0.1, -0.05) is 66.2 Å². The number of allylic oxidation sites excluding steroid dienone is 2. The van der Waals surface area contributed by atoms with Crippen LogP contribution in [-0.2, 0) is 6.18 Å². The van der Waals surface area contributed by atoms with E-state index in [0.717, 1.165) is 28.8 Å². The second-order valence-corrected chi connectivity index (χ2v) is 11.0. The summed E-state index contributed by atoms with van der Waals surface area (Å²) in [5, 5.41) is 39.8. The van der Waals surface area contributed by atoms with E-state index in [1.165, 1.54) is 12.1 Å². The van der Waals surface area contributed by atoms with E-state index < -0.39 is 11.7 Å². The van der Waals surface area contributed by atoms with E-state index in [-0.39, 0.29) is 22.4 Å². The first-order valence-electron chi connectivity index (χ1n) is 14.2. The number of hydrogen-bond acceptors (Lipinski definition) is 6. The molecule has 0 bridgehead atoms. The molecular formula is C38H17F3N6. The average Bonchev–Trinajstić information content (AvgIpc) is 3.56. The van der Waals surface area contributed by atoms with Crippen LogP contribution in [0.5, 0.6) is 0 Å². The highest BCUT2D eigenvalue weighted by molar-refractivity contribution is 6.07. The molecule has 7 rings (SSSR count). The zero-order chi connectivity index (χ0) is 33.0. The highest BCUT2D eigenvalue weighted by Crippen LogP contribution is 2.51. The molecule has 0 unspecified atom stereocenters. The van der Waals surface area contributed by atoms with Gasteiger partial charge in [0, 0.05) is 22.3 Å². The maximum atomic E-state index is 13.2. The Morgan fingerprint density at radius 3 is 1.28 bits per heavy atom. The monoisotopic (exact) mass is 614 g/mol. The molecular weight excluding hydrogens is 597 g/mol. The number of aromatic nitrogens is 2. The Morgan fingerprint density at radius 1 is 0.511 bits per heavy atom. The van der Waals surface area contributed by atoms with Gasteiger partial charge in [-0.15, -0.1) is 0 Å². The molecule has 2 aliphatic carbocycles. The summed E-state index contributed by atoms with van der Waals surface area (Å²) in [6.07, 6.45) is -4.48. The summed E-state index contributed by atoms with van der Waals surface area (Å²) in [5.74, 6) is 0. The first kappa shape index (κ1) is 28.9. The van der Waals surface area contributed by atoms with Gasteiger partial charge in [0.05, 0.1) is 17.0 Å². The summed E-state index contributed by atoms with van der Waals surface area (Å²) < 4.78 is 39.5. The van der Waals surface area contributed by atoms with Gasteiger partial charge in [-0.2, -0.15) is 34.2 Å². The Balaban J connectivity index is 1.44. The van der Waals surface area contributed by atoms with Crippen molar-refractivity contribution in [2.45, 2.75) is 13.1 Å². The third-order valence-electron chi connectivity index (χ3n) is 8.34. The molecule has 9 heteroatoms. The van der Waals surface area contributed by atoms with Crippen molar-refractivity contribution in [3.8, 4) is 69.0 Å². The van der Waals surface area contributed by atoms with E-state index >= 15 is 0 Å². The van der Waals surface area contributed by atoms with Crippen molar-refractivity contribution in [1.82, 2.24) is 9.97 Å². The Hall–Kier alpha value is -6.81. The van der Waals surface area contributed by atoms with Crippen LogP contribution < -0.4 is 0 Å². The number of benzene rings is 4. The Kier molecular flexibility index (Phi) is 6.57. The highest BCUT2D eigenvalue weighted by atomic mass is 19.4. The molecule has 1 aromatic heterocycles. The molecule has 0 atom stereocenters. The summed E-state index contributed by atoms with van der Waals surface area (Å²) >= 11 is 0. The zero-order valence-electron chi connectivity index (χ0n) is 24.4.